The Morgan fingerprint density at radius 3 is 2.35 bits per heavy atom. The molecule has 20 heavy (non-hydrogen) atoms. The first-order chi connectivity index (χ1) is 9.69. The summed E-state index contributed by atoms with van der Waals surface area (Å²) in [4.78, 5) is 12.1. The van der Waals surface area contributed by atoms with Gasteiger partial charge < -0.3 is 10.4 Å². The summed E-state index contributed by atoms with van der Waals surface area (Å²) in [6.45, 7) is 1.90. The fraction of sp³-hybridized carbons (Fsp3) is 0.235. The van der Waals surface area contributed by atoms with Gasteiger partial charge in [0.15, 0.2) is 0 Å². The lowest BCUT2D eigenvalue weighted by molar-refractivity contribution is 0.0916. The van der Waals surface area contributed by atoms with Crippen molar-refractivity contribution >= 4 is 5.91 Å². The number of nitrogens with one attached hydrogen (secondary N) is 1. The lowest BCUT2D eigenvalue weighted by atomic mass is 10.1. The zero-order chi connectivity index (χ0) is 14.4. The van der Waals surface area contributed by atoms with E-state index in [4.69, 9.17) is 0 Å². The first kappa shape index (κ1) is 14.3. The van der Waals surface area contributed by atoms with Gasteiger partial charge in [-0.1, -0.05) is 48.0 Å². The highest BCUT2D eigenvalue weighted by Crippen LogP contribution is 2.06. The zero-order valence-corrected chi connectivity index (χ0v) is 11.5. The maximum absolute atomic E-state index is 12.1. The van der Waals surface area contributed by atoms with Gasteiger partial charge in [-0.2, -0.15) is 0 Å². The Morgan fingerprint density at radius 1 is 1.10 bits per heavy atom. The van der Waals surface area contributed by atoms with Crippen LogP contribution in [0.5, 0.6) is 0 Å². The van der Waals surface area contributed by atoms with Crippen molar-refractivity contribution < 1.29 is 9.90 Å². The molecule has 104 valence electrons. The van der Waals surface area contributed by atoms with E-state index in [0.29, 0.717) is 12.0 Å². The molecule has 0 heterocycles. The summed E-state index contributed by atoms with van der Waals surface area (Å²) in [7, 11) is 0. The summed E-state index contributed by atoms with van der Waals surface area (Å²) in [5.41, 5.74) is 2.82. The quantitative estimate of drug-likeness (QED) is 0.875. The highest BCUT2D eigenvalue weighted by molar-refractivity contribution is 5.94. The summed E-state index contributed by atoms with van der Waals surface area (Å²) in [6.07, 6.45) is 0.620. The largest absolute Gasteiger partial charge is 0.394 e. The first-order valence-electron chi connectivity index (χ1n) is 6.71. The monoisotopic (exact) mass is 269 g/mol. The van der Waals surface area contributed by atoms with Crippen LogP contribution >= 0.6 is 0 Å². The van der Waals surface area contributed by atoms with Gasteiger partial charge >= 0.3 is 0 Å². The third-order valence-corrected chi connectivity index (χ3v) is 3.19. The van der Waals surface area contributed by atoms with Gasteiger partial charge in [0, 0.05) is 5.56 Å². The number of rotatable bonds is 5. The zero-order valence-electron chi connectivity index (χ0n) is 11.5. The van der Waals surface area contributed by atoms with E-state index in [2.05, 4.69) is 5.32 Å². The molecule has 1 amide bonds. The Labute approximate surface area is 119 Å². The molecule has 0 radical (unpaired) electrons. The topological polar surface area (TPSA) is 49.3 Å². The molecule has 0 aliphatic heterocycles. The number of aliphatic hydroxyl groups excluding tert-OH is 1. The molecule has 0 spiro atoms. The second-order valence-corrected chi connectivity index (χ2v) is 4.91. The van der Waals surface area contributed by atoms with Crippen molar-refractivity contribution in [3.63, 3.8) is 0 Å². The van der Waals surface area contributed by atoms with Crippen molar-refractivity contribution in [2.24, 2.45) is 0 Å². The molecule has 2 aromatic rings. The van der Waals surface area contributed by atoms with Crippen LogP contribution in [0.15, 0.2) is 54.6 Å². The molecule has 3 nitrogen and oxygen atoms in total. The van der Waals surface area contributed by atoms with Crippen molar-refractivity contribution in [3.05, 3.63) is 71.3 Å². The summed E-state index contributed by atoms with van der Waals surface area (Å²) in [5.74, 6) is -0.153. The Bertz CT molecular complexity index is 549. The fourth-order valence-corrected chi connectivity index (χ4v) is 2.03. The summed E-state index contributed by atoms with van der Waals surface area (Å²) in [6, 6.07) is 16.9. The van der Waals surface area contributed by atoms with E-state index in [9.17, 15) is 9.90 Å². The number of benzene rings is 2. The molecule has 0 aliphatic rings. The Morgan fingerprint density at radius 2 is 1.75 bits per heavy atom. The summed E-state index contributed by atoms with van der Waals surface area (Å²) in [5, 5.41) is 12.3. The molecular formula is C17H19NO2. The minimum absolute atomic E-state index is 0.0769. The molecule has 0 aromatic heterocycles. The van der Waals surface area contributed by atoms with E-state index in [-0.39, 0.29) is 18.6 Å². The number of carbonyl (C=O) groups is 1. The van der Waals surface area contributed by atoms with Crippen molar-refractivity contribution in [1.29, 1.82) is 0 Å². The molecule has 0 unspecified atom stereocenters. The van der Waals surface area contributed by atoms with Crippen LogP contribution in [0.1, 0.15) is 21.5 Å². The maximum atomic E-state index is 12.1. The van der Waals surface area contributed by atoms with Crippen molar-refractivity contribution in [1.82, 2.24) is 5.32 Å². The minimum atomic E-state index is -0.272. The van der Waals surface area contributed by atoms with E-state index in [1.807, 2.05) is 49.4 Å². The smallest absolute Gasteiger partial charge is 0.251 e. The van der Waals surface area contributed by atoms with E-state index in [1.165, 1.54) is 0 Å². The Balaban J connectivity index is 1.99. The van der Waals surface area contributed by atoms with Gasteiger partial charge in [0.25, 0.3) is 5.91 Å². The van der Waals surface area contributed by atoms with Crippen molar-refractivity contribution in [2.75, 3.05) is 6.61 Å². The highest BCUT2D eigenvalue weighted by atomic mass is 16.3. The fourth-order valence-electron chi connectivity index (χ4n) is 2.03. The molecule has 0 saturated heterocycles. The van der Waals surface area contributed by atoms with Crippen molar-refractivity contribution in [2.45, 2.75) is 19.4 Å². The SMILES string of the molecule is Cc1ccc(C(=O)N[C@@H](CO)Cc2ccccc2)cc1. The minimum Gasteiger partial charge on any atom is -0.394 e. The van der Waals surface area contributed by atoms with Crippen LogP contribution in [0.25, 0.3) is 0 Å². The maximum Gasteiger partial charge on any atom is 0.251 e. The van der Waals surface area contributed by atoms with E-state index < -0.39 is 0 Å². The van der Waals surface area contributed by atoms with Crippen molar-refractivity contribution in [3.8, 4) is 0 Å². The van der Waals surface area contributed by atoms with E-state index in [0.717, 1.165) is 11.1 Å². The highest BCUT2D eigenvalue weighted by Gasteiger charge is 2.13. The van der Waals surface area contributed by atoms with Crippen LogP contribution in [0.3, 0.4) is 0 Å². The number of hydrogen-bond acceptors (Lipinski definition) is 2. The van der Waals surface area contributed by atoms with Gasteiger partial charge in [-0.25, -0.2) is 0 Å². The molecule has 2 aromatic carbocycles. The summed E-state index contributed by atoms with van der Waals surface area (Å²) >= 11 is 0. The van der Waals surface area contributed by atoms with Gasteiger partial charge in [0.05, 0.1) is 12.6 Å². The van der Waals surface area contributed by atoms with Crippen LogP contribution in [-0.2, 0) is 6.42 Å². The molecule has 0 saturated carbocycles. The predicted molar refractivity (Wildman–Crippen MR) is 79.7 cm³/mol. The lowest BCUT2D eigenvalue weighted by Crippen LogP contribution is -2.39. The number of carbonyl (C=O) groups excluding carboxylic acids is 1. The Kier molecular flexibility index (Phi) is 4.91. The third kappa shape index (κ3) is 3.93. The number of aryl methyl sites for hydroxylation is 1. The Hall–Kier alpha value is -2.13. The summed E-state index contributed by atoms with van der Waals surface area (Å²) < 4.78 is 0. The molecule has 0 bridgehead atoms. The number of aliphatic hydroxyl groups is 1. The number of amides is 1. The number of hydrogen-bond donors (Lipinski definition) is 2. The molecular weight excluding hydrogens is 250 g/mol. The first-order valence-corrected chi connectivity index (χ1v) is 6.71. The standard InChI is InChI=1S/C17H19NO2/c1-13-7-9-15(10-8-13)17(20)18-16(12-19)11-14-5-3-2-4-6-14/h2-10,16,19H,11-12H2,1H3,(H,18,20)/t16-/m1/s1. The lowest BCUT2D eigenvalue weighted by Gasteiger charge is -2.16. The van der Waals surface area contributed by atoms with Crippen LogP contribution in [-0.4, -0.2) is 23.7 Å². The van der Waals surface area contributed by atoms with E-state index >= 15 is 0 Å². The molecule has 2 N–H and O–H groups in total. The molecule has 2 rings (SSSR count). The van der Waals surface area contributed by atoms with Gasteiger partial charge in [-0.15, -0.1) is 0 Å². The molecule has 3 heteroatoms. The second kappa shape index (κ2) is 6.87. The average Bonchev–Trinajstić information content (AvgIpc) is 2.48. The van der Waals surface area contributed by atoms with Gasteiger partial charge in [-0.3, -0.25) is 4.79 Å². The van der Waals surface area contributed by atoms with Crippen LogP contribution in [0.2, 0.25) is 0 Å². The molecule has 1 atom stereocenters. The van der Waals surface area contributed by atoms with Gasteiger partial charge in [0.2, 0.25) is 0 Å². The van der Waals surface area contributed by atoms with E-state index in [1.54, 1.807) is 12.1 Å². The van der Waals surface area contributed by atoms with Crippen LogP contribution in [0, 0.1) is 6.92 Å². The predicted octanol–water partition coefficient (Wildman–Crippen LogP) is 2.33. The second-order valence-electron chi connectivity index (χ2n) is 4.91. The third-order valence-electron chi connectivity index (χ3n) is 3.19. The van der Waals surface area contributed by atoms with Crippen LogP contribution in [0.4, 0.5) is 0 Å². The van der Waals surface area contributed by atoms with Crippen LogP contribution < -0.4 is 5.32 Å². The average molecular weight is 269 g/mol. The molecule has 0 aliphatic carbocycles. The normalized spacial score (nSPS) is 11.9. The van der Waals surface area contributed by atoms with Gasteiger partial charge in [0.1, 0.15) is 0 Å². The molecule has 0 fully saturated rings. The van der Waals surface area contributed by atoms with Gasteiger partial charge in [-0.05, 0) is 31.0 Å².